The summed E-state index contributed by atoms with van der Waals surface area (Å²) in [4.78, 5) is 0. The standard InChI is InChI=1S/C9H12IOP/c1-6-3-7(2)9(10)8(4-6)5-11-12/h3-4H,5,12H2,1-2H3. The fraction of sp³-hybridized carbons (Fsp3) is 0.333. The topological polar surface area (TPSA) is 9.23 Å². The molecule has 0 bridgehead atoms. The fourth-order valence-corrected chi connectivity index (χ4v) is 1.88. The van der Waals surface area contributed by atoms with Crippen LogP contribution in [0.4, 0.5) is 0 Å². The van der Waals surface area contributed by atoms with E-state index in [4.69, 9.17) is 4.52 Å². The highest BCUT2D eigenvalue weighted by Gasteiger charge is 2.02. The summed E-state index contributed by atoms with van der Waals surface area (Å²) >= 11 is 2.36. The van der Waals surface area contributed by atoms with Crippen molar-refractivity contribution < 1.29 is 4.52 Å². The van der Waals surface area contributed by atoms with Crippen molar-refractivity contribution >= 4 is 32.1 Å². The van der Waals surface area contributed by atoms with Gasteiger partial charge >= 0.3 is 0 Å². The van der Waals surface area contributed by atoms with Gasteiger partial charge in [0.25, 0.3) is 0 Å². The van der Waals surface area contributed by atoms with E-state index in [1.165, 1.54) is 20.3 Å². The van der Waals surface area contributed by atoms with Crippen LogP contribution in [-0.2, 0) is 11.1 Å². The molecule has 0 aliphatic carbocycles. The average molecular weight is 294 g/mol. The lowest BCUT2D eigenvalue weighted by Crippen LogP contribution is -1.93. The molecule has 1 atom stereocenters. The summed E-state index contributed by atoms with van der Waals surface area (Å²) in [5, 5.41) is 0. The van der Waals surface area contributed by atoms with Gasteiger partial charge in [0.2, 0.25) is 0 Å². The molecule has 0 aliphatic heterocycles. The van der Waals surface area contributed by atoms with E-state index >= 15 is 0 Å². The van der Waals surface area contributed by atoms with Gasteiger partial charge in [0.1, 0.15) is 0 Å². The molecule has 0 saturated heterocycles. The van der Waals surface area contributed by atoms with E-state index in [2.05, 4.69) is 58.0 Å². The number of halogens is 1. The van der Waals surface area contributed by atoms with Gasteiger partial charge in [-0.25, -0.2) is 0 Å². The van der Waals surface area contributed by atoms with Gasteiger partial charge in [0.05, 0.1) is 6.61 Å². The van der Waals surface area contributed by atoms with Gasteiger partial charge in [0.15, 0.2) is 0 Å². The van der Waals surface area contributed by atoms with Crippen molar-refractivity contribution in [3.05, 3.63) is 32.4 Å². The van der Waals surface area contributed by atoms with E-state index in [-0.39, 0.29) is 0 Å². The SMILES string of the molecule is Cc1cc(C)c(I)c(COP)c1. The van der Waals surface area contributed by atoms with Crippen molar-refractivity contribution in [2.24, 2.45) is 0 Å². The average Bonchev–Trinajstić information content (AvgIpc) is 2.00. The summed E-state index contributed by atoms with van der Waals surface area (Å²) < 4.78 is 6.34. The highest BCUT2D eigenvalue weighted by atomic mass is 127. The van der Waals surface area contributed by atoms with E-state index < -0.39 is 0 Å². The van der Waals surface area contributed by atoms with Crippen molar-refractivity contribution in [1.82, 2.24) is 0 Å². The summed E-state index contributed by atoms with van der Waals surface area (Å²) in [7, 11) is 2.28. The molecule has 0 amide bonds. The molecule has 1 aromatic carbocycles. The van der Waals surface area contributed by atoms with E-state index in [0.29, 0.717) is 6.61 Å². The highest BCUT2D eigenvalue weighted by molar-refractivity contribution is 14.1. The number of rotatable bonds is 2. The third-order valence-electron chi connectivity index (χ3n) is 1.71. The molecule has 3 heteroatoms. The second-order valence-corrected chi connectivity index (χ2v) is 4.28. The van der Waals surface area contributed by atoms with Crippen molar-refractivity contribution in [2.75, 3.05) is 0 Å². The lowest BCUT2D eigenvalue weighted by molar-refractivity contribution is 0.360. The number of benzene rings is 1. The van der Waals surface area contributed by atoms with Crippen LogP contribution in [0.15, 0.2) is 12.1 Å². The third-order valence-corrected chi connectivity index (χ3v) is 3.42. The van der Waals surface area contributed by atoms with Crippen LogP contribution < -0.4 is 0 Å². The Morgan fingerprint density at radius 2 is 2.08 bits per heavy atom. The molecule has 1 aromatic rings. The van der Waals surface area contributed by atoms with Gasteiger partial charge in [-0.1, -0.05) is 17.7 Å². The lowest BCUT2D eigenvalue weighted by atomic mass is 10.1. The zero-order valence-corrected chi connectivity index (χ0v) is 10.5. The van der Waals surface area contributed by atoms with Crippen LogP contribution >= 0.6 is 32.1 Å². The Labute approximate surface area is 89.3 Å². The van der Waals surface area contributed by atoms with Crippen LogP contribution in [0.2, 0.25) is 0 Å². The summed E-state index contributed by atoms with van der Waals surface area (Å²) in [6.45, 7) is 4.90. The molecule has 1 nitrogen and oxygen atoms in total. The molecule has 0 aliphatic rings. The highest BCUT2D eigenvalue weighted by Crippen LogP contribution is 2.20. The molecule has 0 N–H and O–H groups in total. The Kier molecular flexibility index (Phi) is 3.94. The minimum atomic E-state index is 0.672. The van der Waals surface area contributed by atoms with E-state index in [1.807, 2.05) is 0 Å². The second-order valence-electron chi connectivity index (χ2n) is 2.87. The number of hydrogen-bond donors (Lipinski definition) is 0. The molecule has 0 heterocycles. The molecule has 0 radical (unpaired) electrons. The van der Waals surface area contributed by atoms with Crippen molar-refractivity contribution in [1.29, 1.82) is 0 Å². The summed E-state index contributed by atoms with van der Waals surface area (Å²) in [5.74, 6) is 0. The Hall–Kier alpha value is 0.340. The molecule has 0 fully saturated rings. The number of aryl methyl sites for hydroxylation is 2. The van der Waals surface area contributed by atoms with Crippen LogP contribution in [0, 0.1) is 17.4 Å². The molecular weight excluding hydrogens is 282 g/mol. The van der Waals surface area contributed by atoms with Gasteiger partial charge in [-0.3, -0.25) is 0 Å². The third kappa shape index (κ3) is 2.41. The van der Waals surface area contributed by atoms with Crippen molar-refractivity contribution in [2.45, 2.75) is 20.5 Å². The molecule has 12 heavy (non-hydrogen) atoms. The van der Waals surface area contributed by atoms with E-state index in [0.717, 1.165) is 0 Å². The summed E-state index contributed by atoms with van der Waals surface area (Å²) in [6.07, 6.45) is 0. The fourth-order valence-electron chi connectivity index (χ4n) is 1.23. The van der Waals surface area contributed by atoms with E-state index in [1.54, 1.807) is 0 Å². The zero-order valence-electron chi connectivity index (χ0n) is 7.23. The van der Waals surface area contributed by atoms with Gasteiger partial charge in [-0.2, -0.15) is 0 Å². The van der Waals surface area contributed by atoms with E-state index in [9.17, 15) is 0 Å². The summed E-state index contributed by atoms with van der Waals surface area (Å²) in [6, 6.07) is 4.35. The molecule has 0 aromatic heterocycles. The molecule has 0 spiro atoms. The summed E-state index contributed by atoms with van der Waals surface area (Å²) in [5.41, 5.74) is 3.89. The largest absolute Gasteiger partial charge is 0.361 e. The first-order chi connectivity index (χ1) is 5.65. The van der Waals surface area contributed by atoms with Crippen LogP contribution in [0.25, 0.3) is 0 Å². The molecule has 0 saturated carbocycles. The van der Waals surface area contributed by atoms with Crippen LogP contribution in [0.1, 0.15) is 16.7 Å². The van der Waals surface area contributed by atoms with Crippen molar-refractivity contribution in [3.8, 4) is 0 Å². The maximum absolute atomic E-state index is 5.03. The monoisotopic (exact) mass is 294 g/mol. The number of hydrogen-bond acceptors (Lipinski definition) is 1. The Balaban J connectivity index is 3.09. The predicted octanol–water partition coefficient (Wildman–Crippen LogP) is 3.21. The van der Waals surface area contributed by atoms with Gasteiger partial charge in [0, 0.05) is 13.0 Å². The van der Waals surface area contributed by atoms with Gasteiger partial charge in [-0.05, 0) is 47.6 Å². The zero-order chi connectivity index (χ0) is 9.14. The second kappa shape index (κ2) is 4.54. The molecular formula is C9H12IOP. The Morgan fingerprint density at radius 3 is 2.67 bits per heavy atom. The first-order valence-corrected chi connectivity index (χ1v) is 5.27. The minimum absolute atomic E-state index is 0.672. The molecule has 1 rings (SSSR count). The predicted molar refractivity (Wildman–Crippen MR) is 63.1 cm³/mol. The Bertz CT molecular complexity index is 286. The normalized spacial score (nSPS) is 10.3. The smallest absolute Gasteiger partial charge is 0.0763 e. The lowest BCUT2D eigenvalue weighted by Gasteiger charge is -2.07. The quantitative estimate of drug-likeness (QED) is 0.601. The van der Waals surface area contributed by atoms with Gasteiger partial charge < -0.3 is 4.52 Å². The van der Waals surface area contributed by atoms with Crippen LogP contribution in [0.3, 0.4) is 0 Å². The van der Waals surface area contributed by atoms with Crippen LogP contribution in [0.5, 0.6) is 0 Å². The van der Waals surface area contributed by atoms with Crippen LogP contribution in [-0.4, -0.2) is 0 Å². The first-order valence-electron chi connectivity index (χ1n) is 3.72. The molecule has 1 unspecified atom stereocenters. The van der Waals surface area contributed by atoms with Crippen molar-refractivity contribution in [3.63, 3.8) is 0 Å². The van der Waals surface area contributed by atoms with Gasteiger partial charge in [-0.15, -0.1) is 0 Å². The maximum atomic E-state index is 5.03. The molecule has 66 valence electrons. The maximum Gasteiger partial charge on any atom is 0.0763 e. The first kappa shape index (κ1) is 10.4. The minimum Gasteiger partial charge on any atom is -0.361 e. The Morgan fingerprint density at radius 1 is 1.42 bits per heavy atom.